The summed E-state index contributed by atoms with van der Waals surface area (Å²) in [5.41, 5.74) is 4.31. The molecule has 0 radical (unpaired) electrons. The molecule has 2 heterocycles. The number of benzene rings is 1. The smallest absolute Gasteiger partial charge is 0.159 e. The first-order valence-electron chi connectivity index (χ1n) is 6.84. The molecule has 0 aliphatic carbocycles. The van der Waals surface area contributed by atoms with Gasteiger partial charge in [0.2, 0.25) is 0 Å². The third-order valence-corrected chi connectivity index (χ3v) is 3.31. The molecule has 1 N–H and O–H groups in total. The first kappa shape index (κ1) is 13.2. The van der Waals surface area contributed by atoms with Crippen LogP contribution in [0.1, 0.15) is 11.1 Å². The zero-order valence-electron chi connectivity index (χ0n) is 11.8. The topological polar surface area (TPSA) is 50.7 Å². The van der Waals surface area contributed by atoms with E-state index in [0.29, 0.717) is 6.54 Å². The summed E-state index contributed by atoms with van der Waals surface area (Å²) in [7, 11) is 0. The van der Waals surface area contributed by atoms with Gasteiger partial charge in [-0.15, -0.1) is 0 Å². The Morgan fingerprint density at radius 2 is 1.71 bits per heavy atom. The van der Waals surface area contributed by atoms with Crippen LogP contribution in [0.3, 0.4) is 0 Å². The largest absolute Gasteiger partial charge is 0.378 e. The van der Waals surface area contributed by atoms with E-state index in [4.69, 9.17) is 0 Å². The van der Waals surface area contributed by atoms with Crippen LogP contribution in [-0.2, 0) is 6.54 Å². The molecule has 1 aromatic carbocycles. The lowest BCUT2D eigenvalue weighted by Gasteiger charge is -2.08. The standard InChI is InChI=1S/C17H16N4/c1-13-7-8-18-9-15(13)10-19-16-11-20-17(21-12-16)14-5-3-2-4-6-14/h2-9,11-12,19H,10H2,1H3. The van der Waals surface area contributed by atoms with Crippen LogP contribution < -0.4 is 5.32 Å². The Morgan fingerprint density at radius 1 is 0.952 bits per heavy atom. The van der Waals surface area contributed by atoms with Gasteiger partial charge in [-0.3, -0.25) is 4.98 Å². The number of rotatable bonds is 4. The summed E-state index contributed by atoms with van der Waals surface area (Å²) in [6.07, 6.45) is 7.29. The Morgan fingerprint density at radius 3 is 2.43 bits per heavy atom. The van der Waals surface area contributed by atoms with E-state index in [9.17, 15) is 0 Å². The van der Waals surface area contributed by atoms with E-state index in [1.807, 2.05) is 42.6 Å². The fourth-order valence-electron chi connectivity index (χ4n) is 2.03. The summed E-state index contributed by atoms with van der Waals surface area (Å²) in [6, 6.07) is 12.0. The number of nitrogens with one attached hydrogen (secondary N) is 1. The number of aromatic nitrogens is 3. The molecular weight excluding hydrogens is 260 g/mol. The van der Waals surface area contributed by atoms with E-state index in [0.717, 1.165) is 17.1 Å². The zero-order chi connectivity index (χ0) is 14.5. The van der Waals surface area contributed by atoms with Crippen molar-refractivity contribution in [1.82, 2.24) is 15.0 Å². The molecule has 0 saturated heterocycles. The second-order valence-electron chi connectivity index (χ2n) is 4.82. The van der Waals surface area contributed by atoms with Crippen LogP contribution in [0.2, 0.25) is 0 Å². The zero-order valence-corrected chi connectivity index (χ0v) is 11.8. The van der Waals surface area contributed by atoms with Crippen molar-refractivity contribution in [3.05, 3.63) is 72.3 Å². The third kappa shape index (κ3) is 3.23. The molecule has 0 aliphatic heterocycles. The Balaban J connectivity index is 1.69. The minimum atomic E-state index is 0.716. The predicted octanol–water partition coefficient (Wildman–Crippen LogP) is 3.46. The molecule has 4 heteroatoms. The van der Waals surface area contributed by atoms with E-state index >= 15 is 0 Å². The minimum Gasteiger partial charge on any atom is -0.378 e. The molecule has 0 saturated carbocycles. The van der Waals surface area contributed by atoms with Crippen LogP contribution in [0.4, 0.5) is 5.69 Å². The lowest BCUT2D eigenvalue weighted by Crippen LogP contribution is -2.03. The van der Waals surface area contributed by atoms with E-state index in [1.54, 1.807) is 18.6 Å². The highest BCUT2D eigenvalue weighted by Crippen LogP contribution is 2.15. The maximum Gasteiger partial charge on any atom is 0.159 e. The fourth-order valence-corrected chi connectivity index (χ4v) is 2.03. The average Bonchev–Trinajstić information content (AvgIpc) is 2.55. The molecule has 0 amide bonds. The van der Waals surface area contributed by atoms with Gasteiger partial charge in [0.15, 0.2) is 5.82 Å². The van der Waals surface area contributed by atoms with E-state index in [2.05, 4.69) is 27.2 Å². The van der Waals surface area contributed by atoms with Crippen LogP contribution in [0.5, 0.6) is 0 Å². The van der Waals surface area contributed by atoms with Gasteiger partial charge < -0.3 is 5.32 Å². The minimum absolute atomic E-state index is 0.716. The van der Waals surface area contributed by atoms with Crippen LogP contribution >= 0.6 is 0 Å². The van der Waals surface area contributed by atoms with E-state index in [-0.39, 0.29) is 0 Å². The van der Waals surface area contributed by atoms with Gasteiger partial charge in [-0.2, -0.15) is 0 Å². The highest BCUT2D eigenvalue weighted by molar-refractivity contribution is 5.55. The summed E-state index contributed by atoms with van der Waals surface area (Å²) in [4.78, 5) is 12.9. The van der Waals surface area contributed by atoms with Crippen molar-refractivity contribution >= 4 is 5.69 Å². The summed E-state index contributed by atoms with van der Waals surface area (Å²) in [5, 5.41) is 3.32. The van der Waals surface area contributed by atoms with E-state index in [1.165, 1.54) is 11.1 Å². The molecule has 0 atom stereocenters. The molecule has 2 aromatic heterocycles. The number of aryl methyl sites for hydroxylation is 1. The molecule has 4 nitrogen and oxygen atoms in total. The van der Waals surface area contributed by atoms with Gasteiger partial charge >= 0.3 is 0 Å². The van der Waals surface area contributed by atoms with E-state index < -0.39 is 0 Å². The fraction of sp³-hybridized carbons (Fsp3) is 0.118. The normalized spacial score (nSPS) is 10.3. The lowest BCUT2D eigenvalue weighted by molar-refractivity contribution is 1.06. The van der Waals surface area contributed by atoms with Gasteiger partial charge in [0.05, 0.1) is 18.1 Å². The van der Waals surface area contributed by atoms with Crippen molar-refractivity contribution in [2.75, 3.05) is 5.32 Å². The molecule has 104 valence electrons. The number of hydrogen-bond acceptors (Lipinski definition) is 4. The Labute approximate surface area is 123 Å². The van der Waals surface area contributed by atoms with Crippen molar-refractivity contribution < 1.29 is 0 Å². The van der Waals surface area contributed by atoms with Crippen LogP contribution in [0.15, 0.2) is 61.2 Å². The van der Waals surface area contributed by atoms with Crippen molar-refractivity contribution in [2.24, 2.45) is 0 Å². The van der Waals surface area contributed by atoms with Crippen LogP contribution in [0, 0.1) is 6.92 Å². The molecule has 0 fully saturated rings. The molecule has 0 spiro atoms. The maximum atomic E-state index is 4.39. The molecule has 0 bridgehead atoms. The van der Waals surface area contributed by atoms with Gasteiger partial charge in [0.1, 0.15) is 0 Å². The van der Waals surface area contributed by atoms with Crippen molar-refractivity contribution in [3.63, 3.8) is 0 Å². The maximum absolute atomic E-state index is 4.39. The molecule has 0 unspecified atom stereocenters. The monoisotopic (exact) mass is 276 g/mol. The quantitative estimate of drug-likeness (QED) is 0.793. The van der Waals surface area contributed by atoms with Gasteiger partial charge in [0, 0.05) is 24.5 Å². The molecule has 3 aromatic rings. The highest BCUT2D eigenvalue weighted by Gasteiger charge is 2.01. The molecule has 0 aliphatic rings. The summed E-state index contributed by atoms with van der Waals surface area (Å²) in [5.74, 6) is 0.735. The first-order valence-corrected chi connectivity index (χ1v) is 6.84. The highest BCUT2D eigenvalue weighted by atomic mass is 14.9. The van der Waals surface area contributed by atoms with Crippen LogP contribution in [0.25, 0.3) is 11.4 Å². The van der Waals surface area contributed by atoms with Crippen molar-refractivity contribution in [3.8, 4) is 11.4 Å². The summed E-state index contributed by atoms with van der Waals surface area (Å²) >= 11 is 0. The molecular formula is C17H16N4. The first-order chi connectivity index (χ1) is 10.3. The summed E-state index contributed by atoms with van der Waals surface area (Å²) < 4.78 is 0. The number of hydrogen-bond donors (Lipinski definition) is 1. The Kier molecular flexibility index (Phi) is 3.87. The predicted molar refractivity (Wildman–Crippen MR) is 83.8 cm³/mol. The Hall–Kier alpha value is -2.75. The van der Waals surface area contributed by atoms with Crippen molar-refractivity contribution in [2.45, 2.75) is 13.5 Å². The van der Waals surface area contributed by atoms with Gasteiger partial charge in [-0.05, 0) is 24.1 Å². The third-order valence-electron chi connectivity index (χ3n) is 3.31. The van der Waals surface area contributed by atoms with Crippen molar-refractivity contribution in [1.29, 1.82) is 0 Å². The second-order valence-corrected chi connectivity index (χ2v) is 4.82. The average molecular weight is 276 g/mol. The van der Waals surface area contributed by atoms with Gasteiger partial charge in [0.25, 0.3) is 0 Å². The van der Waals surface area contributed by atoms with Gasteiger partial charge in [-0.25, -0.2) is 9.97 Å². The Bertz CT molecular complexity index is 708. The van der Waals surface area contributed by atoms with Gasteiger partial charge in [-0.1, -0.05) is 30.3 Å². The lowest BCUT2D eigenvalue weighted by atomic mass is 10.1. The SMILES string of the molecule is Cc1ccncc1CNc1cnc(-c2ccccc2)nc1. The number of pyridine rings is 1. The molecule has 3 rings (SSSR count). The van der Waals surface area contributed by atoms with Crippen LogP contribution in [-0.4, -0.2) is 15.0 Å². The molecule has 21 heavy (non-hydrogen) atoms. The summed E-state index contributed by atoms with van der Waals surface area (Å²) in [6.45, 7) is 2.79. The number of anilines is 1. The second kappa shape index (κ2) is 6.13. The number of nitrogens with zero attached hydrogens (tertiary/aromatic N) is 3.